The van der Waals surface area contributed by atoms with Crippen LogP contribution in [0.1, 0.15) is 20.9 Å². The van der Waals surface area contributed by atoms with Gasteiger partial charge in [0, 0.05) is 56.9 Å². The highest BCUT2D eigenvalue weighted by Gasteiger charge is 2.37. The maximum Gasteiger partial charge on any atom is 0.270 e. The number of hydrogen-bond acceptors (Lipinski definition) is 6. The van der Waals surface area contributed by atoms with Gasteiger partial charge in [0.1, 0.15) is 17.0 Å². The molecule has 0 saturated carbocycles. The molecule has 8 nitrogen and oxygen atoms in total. The molecule has 4 aromatic rings. The molecule has 1 saturated heterocycles. The molecule has 6 heterocycles. The van der Waals surface area contributed by atoms with Crippen LogP contribution in [-0.2, 0) is 24.2 Å². The monoisotopic (exact) mass is 463 g/mol. The van der Waals surface area contributed by atoms with Gasteiger partial charge in [0.2, 0.25) is 0 Å². The molecule has 0 N–H and O–H groups in total. The third-order valence-electron chi connectivity index (χ3n) is 6.82. The van der Waals surface area contributed by atoms with Crippen molar-refractivity contribution in [3.8, 4) is 0 Å². The summed E-state index contributed by atoms with van der Waals surface area (Å²) in [5, 5.41) is 2.63. The van der Waals surface area contributed by atoms with Gasteiger partial charge < -0.3 is 14.2 Å². The molecule has 1 amide bonds. The van der Waals surface area contributed by atoms with Crippen LogP contribution in [0.25, 0.3) is 16.7 Å². The number of pyridine rings is 1. The number of hydrogen-bond donors (Lipinski definition) is 0. The first-order chi connectivity index (χ1) is 16.1. The van der Waals surface area contributed by atoms with E-state index < -0.39 is 0 Å². The van der Waals surface area contributed by atoms with Gasteiger partial charge in [-0.2, -0.15) is 0 Å². The highest BCUT2D eigenvalue weighted by atomic mass is 32.1. The second-order valence-electron chi connectivity index (χ2n) is 8.71. The van der Waals surface area contributed by atoms with Gasteiger partial charge in [-0.15, -0.1) is 11.3 Å². The number of nitrogens with zero attached hydrogens (tertiary/aromatic N) is 5. The van der Waals surface area contributed by atoms with E-state index in [2.05, 4.69) is 16.3 Å². The minimum absolute atomic E-state index is 0.0537. The van der Waals surface area contributed by atoms with E-state index in [0.717, 1.165) is 19.5 Å². The van der Waals surface area contributed by atoms with Crippen LogP contribution >= 0.6 is 11.3 Å². The van der Waals surface area contributed by atoms with E-state index in [4.69, 9.17) is 9.72 Å². The molecule has 2 aliphatic heterocycles. The summed E-state index contributed by atoms with van der Waals surface area (Å²) in [7, 11) is 1.63. The average molecular weight is 464 g/mol. The van der Waals surface area contributed by atoms with Gasteiger partial charge in [0.25, 0.3) is 11.5 Å². The maximum atomic E-state index is 13.5. The van der Waals surface area contributed by atoms with E-state index in [0.29, 0.717) is 54.7 Å². The predicted molar refractivity (Wildman–Crippen MR) is 127 cm³/mol. The molecule has 170 valence electrons. The average Bonchev–Trinajstić information content (AvgIpc) is 3.41. The van der Waals surface area contributed by atoms with Crippen LogP contribution in [0.2, 0.25) is 0 Å². The molecule has 0 aromatic carbocycles. The number of aromatic nitrogens is 3. The van der Waals surface area contributed by atoms with Crippen molar-refractivity contribution in [2.24, 2.45) is 0 Å². The van der Waals surface area contributed by atoms with Crippen LogP contribution in [0.15, 0.2) is 46.7 Å². The highest BCUT2D eigenvalue weighted by Crippen LogP contribution is 2.29. The molecule has 0 radical (unpaired) electrons. The Kier molecular flexibility index (Phi) is 5.05. The van der Waals surface area contributed by atoms with Crippen LogP contribution in [-0.4, -0.2) is 69.1 Å². The minimum Gasteiger partial charge on any atom is -0.383 e. The Labute approximate surface area is 194 Å². The molecule has 2 aliphatic rings. The van der Waals surface area contributed by atoms with E-state index in [1.165, 1.54) is 14.8 Å². The molecular weight excluding hydrogens is 438 g/mol. The quantitative estimate of drug-likeness (QED) is 0.454. The van der Waals surface area contributed by atoms with Crippen molar-refractivity contribution in [2.75, 3.05) is 33.4 Å². The topological polar surface area (TPSA) is 72.1 Å². The van der Waals surface area contributed by atoms with E-state index in [1.807, 2.05) is 26.9 Å². The van der Waals surface area contributed by atoms with Crippen molar-refractivity contribution in [3.05, 3.63) is 68.4 Å². The molecule has 9 heteroatoms. The predicted octanol–water partition coefficient (Wildman–Crippen LogP) is 2.24. The fraction of sp³-hybridized carbons (Fsp3) is 0.375. The van der Waals surface area contributed by atoms with Gasteiger partial charge in [0.15, 0.2) is 0 Å². The SMILES string of the molecule is COCCn1c(C(=O)N2CC(N3CCc4sccc4C3)C2)cc2c(=O)n3ccccc3nc21. The number of ether oxygens (including phenoxy) is 1. The molecule has 0 atom stereocenters. The van der Waals surface area contributed by atoms with Crippen LogP contribution in [0.4, 0.5) is 0 Å². The first-order valence-corrected chi connectivity index (χ1v) is 12.1. The minimum atomic E-state index is -0.165. The lowest BCUT2D eigenvalue weighted by Gasteiger charge is -2.46. The lowest BCUT2D eigenvalue weighted by Crippen LogP contribution is -2.61. The Morgan fingerprint density at radius 3 is 3.00 bits per heavy atom. The summed E-state index contributed by atoms with van der Waals surface area (Å²) in [5.41, 5.74) is 2.86. The molecule has 0 bridgehead atoms. The molecule has 4 aromatic heterocycles. The Balaban J connectivity index is 1.28. The second-order valence-corrected chi connectivity index (χ2v) is 9.71. The lowest BCUT2D eigenvalue weighted by atomic mass is 10.0. The van der Waals surface area contributed by atoms with Crippen LogP contribution in [0, 0.1) is 0 Å². The number of methoxy groups -OCH3 is 1. The molecule has 0 unspecified atom stereocenters. The molecular formula is C24H25N5O3S. The number of thiophene rings is 1. The summed E-state index contributed by atoms with van der Waals surface area (Å²) in [4.78, 5) is 37.1. The largest absolute Gasteiger partial charge is 0.383 e. The number of amides is 1. The Morgan fingerprint density at radius 1 is 1.27 bits per heavy atom. The van der Waals surface area contributed by atoms with Crippen LogP contribution < -0.4 is 5.56 Å². The first-order valence-electron chi connectivity index (χ1n) is 11.2. The van der Waals surface area contributed by atoms with E-state index in [1.54, 1.807) is 31.5 Å². The van der Waals surface area contributed by atoms with E-state index in [9.17, 15) is 9.59 Å². The zero-order chi connectivity index (χ0) is 22.5. The number of carbonyl (C=O) groups excluding carboxylic acids is 1. The summed E-state index contributed by atoms with van der Waals surface area (Å²) < 4.78 is 8.63. The van der Waals surface area contributed by atoms with Crippen molar-refractivity contribution in [1.29, 1.82) is 0 Å². The van der Waals surface area contributed by atoms with Crippen molar-refractivity contribution in [1.82, 2.24) is 23.8 Å². The van der Waals surface area contributed by atoms with Gasteiger partial charge in [0.05, 0.1) is 12.0 Å². The normalized spacial score (nSPS) is 16.9. The molecule has 0 aliphatic carbocycles. The van der Waals surface area contributed by atoms with Gasteiger partial charge in [-0.25, -0.2) is 4.98 Å². The summed E-state index contributed by atoms with van der Waals surface area (Å²) >= 11 is 1.84. The van der Waals surface area contributed by atoms with Gasteiger partial charge in [-0.3, -0.25) is 18.9 Å². The van der Waals surface area contributed by atoms with Gasteiger partial charge in [-0.05, 0) is 41.6 Å². The summed E-state index contributed by atoms with van der Waals surface area (Å²) in [5.74, 6) is -0.0537. The molecule has 33 heavy (non-hydrogen) atoms. The van der Waals surface area contributed by atoms with Crippen molar-refractivity contribution >= 4 is 33.9 Å². The van der Waals surface area contributed by atoms with Crippen molar-refractivity contribution in [3.63, 3.8) is 0 Å². The fourth-order valence-electron chi connectivity index (χ4n) is 4.93. The first kappa shape index (κ1) is 20.6. The fourth-order valence-corrected chi connectivity index (χ4v) is 5.82. The zero-order valence-corrected chi connectivity index (χ0v) is 19.3. The number of rotatable bonds is 5. The number of carbonyl (C=O) groups is 1. The Hall–Kier alpha value is -3.01. The molecule has 0 spiro atoms. The van der Waals surface area contributed by atoms with Crippen LogP contribution in [0.3, 0.4) is 0 Å². The molecule has 6 rings (SSSR count). The Morgan fingerprint density at radius 2 is 2.15 bits per heavy atom. The van der Waals surface area contributed by atoms with Crippen molar-refractivity contribution < 1.29 is 9.53 Å². The Bertz CT molecular complexity index is 1410. The maximum absolute atomic E-state index is 13.5. The van der Waals surface area contributed by atoms with Gasteiger partial charge >= 0.3 is 0 Å². The molecule has 1 fully saturated rings. The third kappa shape index (κ3) is 3.38. The third-order valence-corrected chi connectivity index (χ3v) is 7.84. The van der Waals surface area contributed by atoms with E-state index >= 15 is 0 Å². The smallest absolute Gasteiger partial charge is 0.270 e. The van der Waals surface area contributed by atoms with Crippen molar-refractivity contribution in [2.45, 2.75) is 25.6 Å². The zero-order valence-electron chi connectivity index (χ0n) is 18.4. The number of likely N-dealkylation sites (tertiary alicyclic amines) is 1. The summed E-state index contributed by atoms with van der Waals surface area (Å²) in [6, 6.07) is 9.75. The van der Waals surface area contributed by atoms with E-state index in [-0.39, 0.29) is 11.5 Å². The summed E-state index contributed by atoms with van der Waals surface area (Å²) in [6.45, 7) is 4.31. The van der Waals surface area contributed by atoms with Crippen LogP contribution in [0.5, 0.6) is 0 Å². The highest BCUT2D eigenvalue weighted by molar-refractivity contribution is 7.10. The van der Waals surface area contributed by atoms with Gasteiger partial charge in [-0.1, -0.05) is 6.07 Å². The number of fused-ring (bicyclic) bond motifs is 3. The standard InChI is InChI=1S/C24H25N5O3S/c1-32-10-9-28-19(12-18-22(28)25-21-4-2-3-7-29(21)23(18)30)24(31)27-14-17(15-27)26-8-5-20-16(13-26)6-11-33-20/h2-4,6-7,11-12,17H,5,8-10,13-15H2,1H3. The summed E-state index contributed by atoms with van der Waals surface area (Å²) in [6.07, 6.45) is 2.79. The second kappa shape index (κ2) is 8.09. The lowest BCUT2D eigenvalue weighted by molar-refractivity contribution is 0.0212.